The van der Waals surface area contributed by atoms with Gasteiger partial charge < -0.3 is 5.32 Å². The molecule has 0 bridgehead atoms. The Morgan fingerprint density at radius 1 is 1.60 bits per heavy atom. The van der Waals surface area contributed by atoms with E-state index in [1.807, 2.05) is 0 Å². The quantitative estimate of drug-likeness (QED) is 0.712. The minimum Gasteiger partial charge on any atom is -0.358 e. The Bertz CT molecular complexity index is 313. The van der Waals surface area contributed by atoms with Crippen LogP contribution in [0.15, 0.2) is 5.16 Å². The van der Waals surface area contributed by atoms with Crippen LogP contribution in [0, 0.1) is 0 Å². The van der Waals surface area contributed by atoms with E-state index in [1.165, 1.54) is 11.8 Å². The van der Waals surface area contributed by atoms with E-state index in [-0.39, 0.29) is 5.91 Å². The van der Waals surface area contributed by atoms with Crippen LogP contribution in [0.2, 0.25) is 0 Å². The van der Waals surface area contributed by atoms with E-state index in [1.54, 1.807) is 7.05 Å². The number of aromatic nitrogens is 3. The predicted molar refractivity (Wildman–Crippen MR) is 59.8 cm³/mol. The van der Waals surface area contributed by atoms with Crippen molar-refractivity contribution >= 4 is 17.7 Å². The fraction of sp³-hybridized carbons (Fsp3) is 0.667. The maximum atomic E-state index is 11.0. The number of H-pyrrole nitrogens is 1. The lowest BCUT2D eigenvalue weighted by molar-refractivity contribution is -0.118. The molecule has 0 atom stereocenters. The molecule has 2 N–H and O–H groups in total. The van der Waals surface area contributed by atoms with Crippen LogP contribution >= 0.6 is 11.8 Å². The number of amides is 1. The number of rotatable bonds is 6. The van der Waals surface area contributed by atoms with Crippen molar-refractivity contribution in [2.24, 2.45) is 0 Å². The summed E-state index contributed by atoms with van der Waals surface area (Å²) in [7, 11) is 1.62. The Kier molecular flexibility index (Phi) is 5.17. The molecular formula is C9H16N4OS. The Hall–Kier alpha value is -1.04. The Morgan fingerprint density at radius 2 is 2.40 bits per heavy atom. The van der Waals surface area contributed by atoms with Gasteiger partial charge in [-0.1, -0.05) is 25.1 Å². The van der Waals surface area contributed by atoms with Gasteiger partial charge in [0.2, 0.25) is 11.1 Å². The molecular weight excluding hydrogens is 212 g/mol. The smallest absolute Gasteiger partial charge is 0.230 e. The molecule has 0 radical (unpaired) electrons. The van der Waals surface area contributed by atoms with Gasteiger partial charge >= 0.3 is 0 Å². The number of aromatic amines is 1. The summed E-state index contributed by atoms with van der Waals surface area (Å²) in [5.74, 6) is 1.25. The summed E-state index contributed by atoms with van der Waals surface area (Å²) in [6, 6.07) is 0. The van der Waals surface area contributed by atoms with E-state index in [0.717, 1.165) is 25.1 Å². The van der Waals surface area contributed by atoms with Crippen LogP contribution in [0.4, 0.5) is 0 Å². The number of nitrogens with zero attached hydrogens (tertiary/aromatic N) is 2. The summed E-state index contributed by atoms with van der Waals surface area (Å²) < 4.78 is 0. The van der Waals surface area contributed by atoms with Crippen molar-refractivity contribution in [3.63, 3.8) is 0 Å². The topological polar surface area (TPSA) is 70.7 Å². The van der Waals surface area contributed by atoms with Crippen LogP contribution in [0.3, 0.4) is 0 Å². The van der Waals surface area contributed by atoms with E-state index >= 15 is 0 Å². The first kappa shape index (κ1) is 12.0. The fourth-order valence-corrected chi connectivity index (χ4v) is 1.69. The predicted octanol–water partition coefficient (Wildman–Crippen LogP) is 0.985. The zero-order valence-electron chi connectivity index (χ0n) is 9.04. The molecule has 1 amide bonds. The van der Waals surface area contributed by atoms with Gasteiger partial charge in [-0.15, -0.1) is 5.10 Å². The lowest BCUT2D eigenvalue weighted by Crippen LogP contribution is -2.19. The second-order valence-corrected chi connectivity index (χ2v) is 4.07. The number of aryl methyl sites for hydroxylation is 1. The summed E-state index contributed by atoms with van der Waals surface area (Å²) in [5, 5.41) is 10.1. The maximum absolute atomic E-state index is 11.0. The molecule has 6 heteroatoms. The van der Waals surface area contributed by atoms with Gasteiger partial charge in [-0.2, -0.15) is 0 Å². The SMILES string of the molecule is CCCCc1nc(SCC(=O)NC)n[nH]1. The average Bonchev–Trinajstić information content (AvgIpc) is 2.71. The highest BCUT2D eigenvalue weighted by molar-refractivity contribution is 7.99. The van der Waals surface area contributed by atoms with Crippen LogP contribution in [-0.2, 0) is 11.2 Å². The van der Waals surface area contributed by atoms with Crippen LogP contribution in [0.1, 0.15) is 25.6 Å². The van der Waals surface area contributed by atoms with Gasteiger partial charge in [0.25, 0.3) is 0 Å². The lowest BCUT2D eigenvalue weighted by Gasteiger charge is -1.94. The second-order valence-electron chi connectivity index (χ2n) is 3.13. The highest BCUT2D eigenvalue weighted by atomic mass is 32.2. The van der Waals surface area contributed by atoms with Gasteiger partial charge in [0.1, 0.15) is 5.82 Å². The van der Waals surface area contributed by atoms with E-state index in [4.69, 9.17) is 0 Å². The zero-order chi connectivity index (χ0) is 11.1. The van der Waals surface area contributed by atoms with Crippen LogP contribution < -0.4 is 5.32 Å². The van der Waals surface area contributed by atoms with E-state index in [0.29, 0.717) is 10.9 Å². The third kappa shape index (κ3) is 4.33. The molecule has 1 aromatic heterocycles. The van der Waals surface area contributed by atoms with Crippen molar-refractivity contribution in [3.8, 4) is 0 Å². The summed E-state index contributed by atoms with van der Waals surface area (Å²) in [6.07, 6.45) is 3.17. The molecule has 1 heterocycles. The number of carbonyl (C=O) groups excluding carboxylic acids is 1. The maximum Gasteiger partial charge on any atom is 0.230 e. The molecule has 0 aromatic carbocycles. The van der Waals surface area contributed by atoms with Crippen LogP contribution in [-0.4, -0.2) is 33.9 Å². The molecule has 0 aliphatic rings. The highest BCUT2D eigenvalue weighted by Crippen LogP contribution is 2.12. The molecule has 0 aliphatic heterocycles. The molecule has 0 saturated heterocycles. The van der Waals surface area contributed by atoms with Gasteiger partial charge in [-0.25, -0.2) is 4.98 Å². The van der Waals surface area contributed by atoms with Crippen molar-refractivity contribution < 1.29 is 4.79 Å². The van der Waals surface area contributed by atoms with Gasteiger partial charge in [0.05, 0.1) is 5.75 Å². The molecule has 15 heavy (non-hydrogen) atoms. The van der Waals surface area contributed by atoms with E-state index in [2.05, 4.69) is 27.4 Å². The molecule has 0 fully saturated rings. The second kappa shape index (κ2) is 6.44. The molecule has 1 rings (SSSR count). The normalized spacial score (nSPS) is 10.3. The fourth-order valence-electron chi connectivity index (χ4n) is 1.00. The third-order valence-electron chi connectivity index (χ3n) is 1.89. The standard InChI is InChI=1S/C9H16N4OS/c1-3-4-5-7-11-9(13-12-7)15-6-8(14)10-2/h3-6H2,1-2H3,(H,10,14)(H,11,12,13). The number of hydrogen-bond donors (Lipinski definition) is 2. The summed E-state index contributed by atoms with van der Waals surface area (Å²) in [4.78, 5) is 15.2. The summed E-state index contributed by atoms with van der Waals surface area (Å²) in [6.45, 7) is 2.14. The molecule has 84 valence electrons. The van der Waals surface area contributed by atoms with Gasteiger partial charge in [0.15, 0.2) is 0 Å². The van der Waals surface area contributed by atoms with E-state index in [9.17, 15) is 4.79 Å². The first-order chi connectivity index (χ1) is 7.26. The van der Waals surface area contributed by atoms with Gasteiger partial charge in [-0.05, 0) is 6.42 Å². The molecule has 0 spiro atoms. The number of thioether (sulfide) groups is 1. The number of hydrogen-bond acceptors (Lipinski definition) is 4. The Morgan fingerprint density at radius 3 is 3.07 bits per heavy atom. The third-order valence-corrected chi connectivity index (χ3v) is 2.74. The monoisotopic (exact) mass is 228 g/mol. The molecule has 0 unspecified atom stereocenters. The number of nitrogens with one attached hydrogen (secondary N) is 2. The molecule has 1 aromatic rings. The van der Waals surface area contributed by atoms with Crippen molar-refractivity contribution in [2.45, 2.75) is 31.3 Å². The Balaban J connectivity index is 2.35. The average molecular weight is 228 g/mol. The molecule has 0 aliphatic carbocycles. The number of unbranched alkanes of at least 4 members (excludes halogenated alkanes) is 1. The minimum absolute atomic E-state index is 0.0140. The Labute approximate surface area is 93.4 Å². The van der Waals surface area contributed by atoms with E-state index < -0.39 is 0 Å². The first-order valence-corrected chi connectivity index (χ1v) is 5.99. The van der Waals surface area contributed by atoms with Crippen molar-refractivity contribution in [1.29, 1.82) is 0 Å². The number of carbonyl (C=O) groups is 1. The van der Waals surface area contributed by atoms with Gasteiger partial charge in [-0.3, -0.25) is 9.89 Å². The molecule has 0 saturated carbocycles. The van der Waals surface area contributed by atoms with Crippen molar-refractivity contribution in [1.82, 2.24) is 20.5 Å². The van der Waals surface area contributed by atoms with Gasteiger partial charge in [0, 0.05) is 13.5 Å². The summed E-state index contributed by atoms with van der Waals surface area (Å²) >= 11 is 1.34. The van der Waals surface area contributed by atoms with Crippen molar-refractivity contribution in [3.05, 3.63) is 5.82 Å². The largest absolute Gasteiger partial charge is 0.358 e. The van der Waals surface area contributed by atoms with Crippen molar-refractivity contribution in [2.75, 3.05) is 12.8 Å². The summed E-state index contributed by atoms with van der Waals surface area (Å²) in [5.41, 5.74) is 0. The van der Waals surface area contributed by atoms with Crippen LogP contribution in [0.5, 0.6) is 0 Å². The first-order valence-electron chi connectivity index (χ1n) is 5.01. The highest BCUT2D eigenvalue weighted by Gasteiger charge is 2.05. The molecule has 5 nitrogen and oxygen atoms in total. The zero-order valence-corrected chi connectivity index (χ0v) is 9.86. The minimum atomic E-state index is -0.0140. The lowest BCUT2D eigenvalue weighted by atomic mass is 10.2. The van der Waals surface area contributed by atoms with Crippen LogP contribution in [0.25, 0.3) is 0 Å².